The lowest BCUT2D eigenvalue weighted by Gasteiger charge is -2.19. The van der Waals surface area contributed by atoms with Gasteiger partial charge in [0.15, 0.2) is 0 Å². The second-order valence-electron chi connectivity index (χ2n) is 5.60. The van der Waals surface area contributed by atoms with Crippen LogP contribution in [0.2, 0.25) is 0 Å². The van der Waals surface area contributed by atoms with Crippen LogP contribution in [0.4, 0.5) is 0 Å². The number of benzene rings is 2. The van der Waals surface area contributed by atoms with E-state index in [-0.39, 0.29) is 12.3 Å². The summed E-state index contributed by atoms with van der Waals surface area (Å²) in [6, 6.07) is 14.4. The Morgan fingerprint density at radius 2 is 1.88 bits per heavy atom. The standard InChI is InChI=1S/C18H20N2O3S/c1-14-8-9-18(23-3)17(10-14)12-20(2)24(21,22)13-16-7-5-4-6-15(16)11-19/h4-10H,12-13H2,1-3H3. The number of aryl methyl sites for hydroxylation is 1. The Balaban J connectivity index is 2.24. The zero-order chi connectivity index (χ0) is 17.7. The summed E-state index contributed by atoms with van der Waals surface area (Å²) in [5.41, 5.74) is 2.72. The summed E-state index contributed by atoms with van der Waals surface area (Å²) >= 11 is 0. The average Bonchev–Trinajstić information content (AvgIpc) is 2.55. The second-order valence-corrected chi connectivity index (χ2v) is 7.67. The van der Waals surface area contributed by atoms with E-state index in [1.165, 1.54) is 11.4 Å². The van der Waals surface area contributed by atoms with Gasteiger partial charge in [-0.25, -0.2) is 12.7 Å². The van der Waals surface area contributed by atoms with E-state index in [0.717, 1.165) is 11.1 Å². The van der Waals surface area contributed by atoms with Crippen LogP contribution in [0, 0.1) is 18.3 Å². The molecule has 0 spiro atoms. The normalized spacial score (nSPS) is 11.3. The minimum atomic E-state index is -3.56. The van der Waals surface area contributed by atoms with Gasteiger partial charge in [-0.1, -0.05) is 35.9 Å². The van der Waals surface area contributed by atoms with Crippen molar-refractivity contribution in [1.82, 2.24) is 4.31 Å². The molecule has 0 saturated heterocycles. The summed E-state index contributed by atoms with van der Waals surface area (Å²) < 4.78 is 31.9. The molecule has 0 unspecified atom stereocenters. The van der Waals surface area contributed by atoms with E-state index in [9.17, 15) is 8.42 Å². The fourth-order valence-corrected chi connectivity index (χ4v) is 3.63. The molecule has 2 aromatic rings. The van der Waals surface area contributed by atoms with E-state index in [1.807, 2.05) is 31.2 Å². The Bertz CT molecular complexity index is 870. The monoisotopic (exact) mass is 344 g/mol. The van der Waals surface area contributed by atoms with Crippen molar-refractivity contribution in [3.63, 3.8) is 0 Å². The Morgan fingerprint density at radius 1 is 1.17 bits per heavy atom. The highest BCUT2D eigenvalue weighted by Gasteiger charge is 2.21. The number of hydrogen-bond donors (Lipinski definition) is 0. The molecule has 0 N–H and O–H groups in total. The molecule has 0 aromatic heterocycles. The number of sulfonamides is 1. The minimum absolute atomic E-state index is 0.207. The molecule has 0 radical (unpaired) electrons. The van der Waals surface area contributed by atoms with E-state index in [2.05, 4.69) is 0 Å². The fourth-order valence-electron chi connectivity index (χ4n) is 2.43. The van der Waals surface area contributed by atoms with Crippen LogP contribution in [0.1, 0.15) is 22.3 Å². The lowest BCUT2D eigenvalue weighted by Crippen LogP contribution is -2.28. The summed E-state index contributed by atoms with van der Waals surface area (Å²) in [5.74, 6) is 0.446. The second kappa shape index (κ2) is 7.47. The van der Waals surface area contributed by atoms with Gasteiger partial charge >= 0.3 is 0 Å². The maximum Gasteiger partial charge on any atom is 0.218 e. The first-order chi connectivity index (χ1) is 11.4. The number of ether oxygens (including phenoxy) is 1. The molecule has 24 heavy (non-hydrogen) atoms. The molecule has 0 saturated carbocycles. The van der Waals surface area contributed by atoms with Gasteiger partial charge in [0.1, 0.15) is 5.75 Å². The van der Waals surface area contributed by atoms with Crippen LogP contribution < -0.4 is 4.74 Å². The minimum Gasteiger partial charge on any atom is -0.496 e. The van der Waals surface area contributed by atoms with Gasteiger partial charge in [-0.05, 0) is 24.6 Å². The summed E-state index contributed by atoms with van der Waals surface area (Å²) in [7, 11) is -0.460. The van der Waals surface area contributed by atoms with Gasteiger partial charge in [-0.2, -0.15) is 5.26 Å². The number of methoxy groups -OCH3 is 1. The van der Waals surface area contributed by atoms with Crippen molar-refractivity contribution in [3.05, 3.63) is 64.7 Å². The van der Waals surface area contributed by atoms with Crippen LogP contribution in [0.25, 0.3) is 0 Å². The first-order valence-corrected chi connectivity index (χ1v) is 9.04. The molecule has 0 aliphatic heterocycles. The molecule has 0 fully saturated rings. The molecule has 2 aromatic carbocycles. The van der Waals surface area contributed by atoms with Crippen LogP contribution >= 0.6 is 0 Å². The molecule has 2 rings (SSSR count). The van der Waals surface area contributed by atoms with Crippen molar-refractivity contribution in [2.45, 2.75) is 19.2 Å². The molecule has 0 aliphatic rings. The van der Waals surface area contributed by atoms with Gasteiger partial charge in [-0.15, -0.1) is 0 Å². The molecule has 0 aliphatic carbocycles. The quantitative estimate of drug-likeness (QED) is 0.808. The van der Waals surface area contributed by atoms with E-state index < -0.39 is 10.0 Å². The third kappa shape index (κ3) is 4.13. The van der Waals surface area contributed by atoms with E-state index >= 15 is 0 Å². The highest BCUT2D eigenvalue weighted by atomic mass is 32.2. The van der Waals surface area contributed by atoms with E-state index in [4.69, 9.17) is 10.00 Å². The van der Waals surface area contributed by atoms with Crippen LogP contribution in [0.15, 0.2) is 42.5 Å². The maximum atomic E-state index is 12.6. The summed E-state index contributed by atoms with van der Waals surface area (Å²) in [6.07, 6.45) is 0. The first kappa shape index (κ1) is 18.0. The molecule has 0 heterocycles. The fraction of sp³-hybridized carbons (Fsp3) is 0.278. The number of nitrogens with zero attached hydrogens (tertiary/aromatic N) is 2. The lowest BCUT2D eigenvalue weighted by molar-refractivity contribution is 0.397. The van der Waals surface area contributed by atoms with E-state index in [1.54, 1.807) is 31.4 Å². The Labute approximate surface area is 143 Å². The van der Waals surface area contributed by atoms with Gasteiger partial charge in [-0.3, -0.25) is 0 Å². The predicted molar refractivity (Wildman–Crippen MR) is 93.0 cm³/mol. The molecule has 126 valence electrons. The Hall–Kier alpha value is -2.36. The van der Waals surface area contributed by atoms with Gasteiger partial charge in [0.05, 0.1) is 24.5 Å². The Kier molecular flexibility index (Phi) is 5.60. The van der Waals surface area contributed by atoms with Gasteiger partial charge in [0.2, 0.25) is 10.0 Å². The highest BCUT2D eigenvalue weighted by molar-refractivity contribution is 7.88. The third-order valence-electron chi connectivity index (χ3n) is 3.78. The molecular weight excluding hydrogens is 324 g/mol. The van der Waals surface area contributed by atoms with Crippen LogP contribution in [0.3, 0.4) is 0 Å². The summed E-state index contributed by atoms with van der Waals surface area (Å²) in [4.78, 5) is 0. The number of rotatable bonds is 6. The third-order valence-corrected chi connectivity index (χ3v) is 5.53. The molecule has 0 amide bonds. The van der Waals surface area contributed by atoms with E-state index in [0.29, 0.717) is 16.9 Å². The SMILES string of the molecule is COc1ccc(C)cc1CN(C)S(=O)(=O)Cc1ccccc1C#N. The van der Waals surface area contributed by atoms with Crippen LogP contribution in [0.5, 0.6) is 5.75 Å². The zero-order valence-electron chi connectivity index (χ0n) is 14.0. The van der Waals surface area contributed by atoms with Crippen molar-refractivity contribution in [3.8, 4) is 11.8 Å². The largest absolute Gasteiger partial charge is 0.496 e. The molecule has 0 atom stereocenters. The lowest BCUT2D eigenvalue weighted by atomic mass is 10.1. The van der Waals surface area contributed by atoms with Crippen molar-refractivity contribution in [2.24, 2.45) is 0 Å². The van der Waals surface area contributed by atoms with Gasteiger partial charge < -0.3 is 4.74 Å². The van der Waals surface area contributed by atoms with Crippen molar-refractivity contribution < 1.29 is 13.2 Å². The smallest absolute Gasteiger partial charge is 0.218 e. The molecule has 6 heteroatoms. The number of nitriles is 1. The molecular formula is C18H20N2O3S. The predicted octanol–water partition coefficient (Wildman–Crippen LogP) is 2.84. The molecule has 0 bridgehead atoms. The van der Waals surface area contributed by atoms with Crippen molar-refractivity contribution in [1.29, 1.82) is 5.26 Å². The summed E-state index contributed by atoms with van der Waals surface area (Å²) in [6.45, 7) is 2.16. The van der Waals surface area contributed by atoms with Crippen LogP contribution in [-0.2, 0) is 22.3 Å². The van der Waals surface area contributed by atoms with Gasteiger partial charge in [0.25, 0.3) is 0 Å². The van der Waals surface area contributed by atoms with Crippen LogP contribution in [-0.4, -0.2) is 26.9 Å². The first-order valence-electron chi connectivity index (χ1n) is 7.43. The van der Waals surface area contributed by atoms with Gasteiger partial charge in [0, 0.05) is 19.2 Å². The highest BCUT2D eigenvalue weighted by Crippen LogP contribution is 2.23. The van der Waals surface area contributed by atoms with Crippen molar-refractivity contribution in [2.75, 3.05) is 14.2 Å². The molecule has 5 nitrogen and oxygen atoms in total. The Morgan fingerprint density at radius 3 is 2.54 bits per heavy atom. The number of hydrogen-bond acceptors (Lipinski definition) is 4. The zero-order valence-corrected chi connectivity index (χ0v) is 14.8. The summed E-state index contributed by atoms with van der Waals surface area (Å²) in [5, 5.41) is 9.11. The maximum absolute atomic E-state index is 12.6. The van der Waals surface area contributed by atoms with Crippen molar-refractivity contribution >= 4 is 10.0 Å². The average molecular weight is 344 g/mol. The topological polar surface area (TPSA) is 70.4 Å².